The van der Waals surface area contributed by atoms with E-state index in [9.17, 15) is 4.79 Å². The van der Waals surface area contributed by atoms with Gasteiger partial charge in [-0.15, -0.1) is 0 Å². The highest BCUT2D eigenvalue weighted by Gasteiger charge is 2.28. The smallest absolute Gasteiger partial charge is 0.255 e. The van der Waals surface area contributed by atoms with Crippen LogP contribution in [0, 0.1) is 0 Å². The maximum atomic E-state index is 12.4. The lowest BCUT2D eigenvalue weighted by atomic mass is 10.1. The Kier molecular flexibility index (Phi) is 3.87. The highest BCUT2D eigenvalue weighted by Crippen LogP contribution is 2.24. The molecule has 1 aromatic heterocycles. The summed E-state index contributed by atoms with van der Waals surface area (Å²) in [7, 11) is 0. The first-order valence-corrected chi connectivity index (χ1v) is 7.49. The Morgan fingerprint density at radius 3 is 2.45 bits per heavy atom. The molecule has 0 radical (unpaired) electrons. The Morgan fingerprint density at radius 1 is 1.15 bits per heavy atom. The lowest BCUT2D eigenvalue weighted by Gasteiger charge is -2.38. The second kappa shape index (κ2) is 5.79. The van der Waals surface area contributed by atoms with Crippen LogP contribution < -0.4 is 5.73 Å². The number of nitrogens with zero attached hydrogens (tertiary/aromatic N) is 3. The van der Waals surface area contributed by atoms with E-state index in [0.717, 1.165) is 32.2 Å². The van der Waals surface area contributed by atoms with Crippen molar-refractivity contribution in [1.29, 1.82) is 0 Å². The van der Waals surface area contributed by atoms with E-state index in [1.807, 2.05) is 4.90 Å². The van der Waals surface area contributed by atoms with Gasteiger partial charge in [0.1, 0.15) is 5.82 Å². The summed E-state index contributed by atoms with van der Waals surface area (Å²) in [4.78, 5) is 20.8. The van der Waals surface area contributed by atoms with Crippen LogP contribution in [-0.4, -0.2) is 52.9 Å². The molecule has 5 heteroatoms. The van der Waals surface area contributed by atoms with E-state index in [0.29, 0.717) is 11.4 Å². The van der Waals surface area contributed by atoms with Crippen molar-refractivity contribution in [3.8, 4) is 0 Å². The van der Waals surface area contributed by atoms with Gasteiger partial charge in [-0.2, -0.15) is 0 Å². The van der Waals surface area contributed by atoms with E-state index in [1.54, 1.807) is 18.3 Å². The first-order valence-electron chi connectivity index (χ1n) is 7.49. The molecule has 2 heterocycles. The number of nitrogen functional groups attached to an aromatic ring is 1. The van der Waals surface area contributed by atoms with Gasteiger partial charge in [0.05, 0.1) is 5.56 Å². The predicted octanol–water partition coefficient (Wildman–Crippen LogP) is 1.36. The molecule has 0 atom stereocenters. The van der Waals surface area contributed by atoms with Crippen molar-refractivity contribution in [1.82, 2.24) is 14.8 Å². The van der Waals surface area contributed by atoms with Crippen LogP contribution in [0.25, 0.3) is 0 Å². The number of nitrogens with two attached hydrogens (primary N) is 1. The van der Waals surface area contributed by atoms with Crippen molar-refractivity contribution in [2.75, 3.05) is 31.9 Å². The van der Waals surface area contributed by atoms with Gasteiger partial charge in [-0.05, 0) is 25.0 Å². The standard InChI is InChI=1S/C15H22N4O/c16-14-6-5-12(11-17-14)15(20)19-9-7-18(8-10-19)13-3-1-2-4-13/h5-6,11,13H,1-4,7-10H2,(H2,16,17). The van der Waals surface area contributed by atoms with Gasteiger partial charge in [0.2, 0.25) is 0 Å². The second-order valence-corrected chi connectivity index (χ2v) is 5.74. The molecule has 0 unspecified atom stereocenters. The highest BCUT2D eigenvalue weighted by molar-refractivity contribution is 5.94. The topological polar surface area (TPSA) is 62.5 Å². The molecular weight excluding hydrogens is 252 g/mol. The van der Waals surface area contributed by atoms with Crippen LogP contribution in [0.4, 0.5) is 5.82 Å². The SMILES string of the molecule is Nc1ccc(C(=O)N2CCN(C3CCCC3)CC2)cn1. The van der Waals surface area contributed by atoms with Crippen molar-refractivity contribution in [3.63, 3.8) is 0 Å². The number of carbonyl (C=O) groups excluding carboxylic acids is 1. The summed E-state index contributed by atoms with van der Waals surface area (Å²) in [5, 5.41) is 0. The molecule has 20 heavy (non-hydrogen) atoms. The van der Waals surface area contributed by atoms with Crippen LogP contribution in [0.1, 0.15) is 36.0 Å². The Balaban J connectivity index is 1.57. The van der Waals surface area contributed by atoms with Gasteiger partial charge < -0.3 is 10.6 Å². The zero-order chi connectivity index (χ0) is 13.9. The van der Waals surface area contributed by atoms with Crippen molar-refractivity contribution in [3.05, 3.63) is 23.9 Å². The van der Waals surface area contributed by atoms with Gasteiger partial charge in [0.15, 0.2) is 0 Å². The van der Waals surface area contributed by atoms with Crippen LogP contribution in [0.2, 0.25) is 0 Å². The molecule has 1 aromatic rings. The minimum atomic E-state index is 0.0728. The number of aromatic nitrogens is 1. The van der Waals surface area contributed by atoms with E-state index in [4.69, 9.17) is 5.73 Å². The van der Waals surface area contributed by atoms with Crippen LogP contribution >= 0.6 is 0 Å². The summed E-state index contributed by atoms with van der Waals surface area (Å²) in [6.07, 6.45) is 6.95. The molecule has 1 saturated carbocycles. The molecule has 1 aliphatic heterocycles. The average Bonchev–Trinajstić information content (AvgIpc) is 3.02. The van der Waals surface area contributed by atoms with E-state index in [1.165, 1.54) is 25.7 Å². The molecule has 1 amide bonds. The molecule has 2 aliphatic rings. The molecule has 1 aliphatic carbocycles. The number of hydrogen-bond donors (Lipinski definition) is 1. The Hall–Kier alpha value is -1.62. The molecule has 0 spiro atoms. The average molecular weight is 274 g/mol. The number of anilines is 1. The fourth-order valence-corrected chi connectivity index (χ4v) is 3.27. The van der Waals surface area contributed by atoms with Crippen LogP contribution in [-0.2, 0) is 0 Å². The third kappa shape index (κ3) is 2.77. The summed E-state index contributed by atoms with van der Waals surface area (Å²) in [5.74, 6) is 0.524. The fourth-order valence-electron chi connectivity index (χ4n) is 3.27. The molecule has 108 valence electrons. The molecular formula is C15H22N4O. The second-order valence-electron chi connectivity index (χ2n) is 5.74. The van der Waals surface area contributed by atoms with Crippen LogP contribution in [0.3, 0.4) is 0 Å². The lowest BCUT2D eigenvalue weighted by Crippen LogP contribution is -2.51. The molecule has 3 rings (SSSR count). The quantitative estimate of drug-likeness (QED) is 0.884. The largest absolute Gasteiger partial charge is 0.384 e. The van der Waals surface area contributed by atoms with Gasteiger partial charge in [0, 0.05) is 38.4 Å². The number of carbonyl (C=O) groups is 1. The highest BCUT2D eigenvalue weighted by atomic mass is 16.2. The van der Waals surface area contributed by atoms with Gasteiger partial charge in [0.25, 0.3) is 5.91 Å². The predicted molar refractivity (Wildman–Crippen MR) is 78.4 cm³/mol. The maximum Gasteiger partial charge on any atom is 0.255 e. The zero-order valence-corrected chi connectivity index (χ0v) is 11.8. The Bertz CT molecular complexity index is 459. The summed E-state index contributed by atoms with van der Waals surface area (Å²) < 4.78 is 0. The van der Waals surface area contributed by atoms with Gasteiger partial charge in [-0.3, -0.25) is 9.69 Å². The van der Waals surface area contributed by atoms with Crippen molar-refractivity contribution < 1.29 is 4.79 Å². The molecule has 5 nitrogen and oxygen atoms in total. The summed E-state index contributed by atoms with van der Waals surface area (Å²) in [5.41, 5.74) is 6.18. The van der Waals surface area contributed by atoms with Crippen LogP contribution in [0.15, 0.2) is 18.3 Å². The minimum Gasteiger partial charge on any atom is -0.384 e. The fraction of sp³-hybridized carbons (Fsp3) is 0.600. The molecule has 2 N–H and O–H groups in total. The Morgan fingerprint density at radius 2 is 1.85 bits per heavy atom. The number of pyridine rings is 1. The van der Waals surface area contributed by atoms with Gasteiger partial charge in [-0.25, -0.2) is 4.98 Å². The van der Waals surface area contributed by atoms with Crippen molar-refractivity contribution in [2.24, 2.45) is 0 Å². The monoisotopic (exact) mass is 274 g/mol. The first-order chi connectivity index (χ1) is 9.74. The maximum absolute atomic E-state index is 12.4. The molecule has 0 bridgehead atoms. The Labute approximate surface area is 119 Å². The van der Waals surface area contributed by atoms with Gasteiger partial charge in [-0.1, -0.05) is 12.8 Å². The van der Waals surface area contributed by atoms with E-state index < -0.39 is 0 Å². The third-order valence-electron chi connectivity index (χ3n) is 4.48. The lowest BCUT2D eigenvalue weighted by molar-refractivity contribution is 0.0573. The normalized spacial score (nSPS) is 21.3. The number of rotatable bonds is 2. The number of piperazine rings is 1. The van der Waals surface area contributed by atoms with Crippen LogP contribution in [0.5, 0.6) is 0 Å². The summed E-state index contributed by atoms with van der Waals surface area (Å²) in [6.45, 7) is 3.64. The first kappa shape index (κ1) is 13.4. The van der Waals surface area contributed by atoms with Crippen molar-refractivity contribution >= 4 is 11.7 Å². The number of amides is 1. The van der Waals surface area contributed by atoms with E-state index in [2.05, 4.69) is 9.88 Å². The van der Waals surface area contributed by atoms with Gasteiger partial charge >= 0.3 is 0 Å². The van der Waals surface area contributed by atoms with E-state index in [-0.39, 0.29) is 5.91 Å². The summed E-state index contributed by atoms with van der Waals surface area (Å²) >= 11 is 0. The van der Waals surface area contributed by atoms with E-state index >= 15 is 0 Å². The summed E-state index contributed by atoms with van der Waals surface area (Å²) in [6, 6.07) is 4.20. The van der Waals surface area contributed by atoms with Crippen molar-refractivity contribution in [2.45, 2.75) is 31.7 Å². The molecule has 2 fully saturated rings. The molecule has 1 saturated heterocycles. The molecule has 0 aromatic carbocycles. The zero-order valence-electron chi connectivity index (χ0n) is 11.8. The number of hydrogen-bond acceptors (Lipinski definition) is 4. The minimum absolute atomic E-state index is 0.0728. The third-order valence-corrected chi connectivity index (χ3v) is 4.48.